The maximum Gasteiger partial charge on any atom is -0.0204 e. The van der Waals surface area contributed by atoms with Crippen LogP contribution in [0.5, 0.6) is 0 Å². The lowest BCUT2D eigenvalue weighted by Gasteiger charge is -2.09. The van der Waals surface area contributed by atoms with Crippen LogP contribution in [0.15, 0.2) is 46.6 Å². The minimum atomic E-state index is 1.31. The van der Waals surface area contributed by atoms with Crippen LogP contribution in [-0.2, 0) is 0 Å². The standard InChI is InChI=1S/C14H22/c1-7-12(6)14(9-3)13(8-2)10-11(4)5/h7-10H,1-6H3. The summed E-state index contributed by atoms with van der Waals surface area (Å²) >= 11 is 0. The second kappa shape index (κ2) is 6.42. The highest BCUT2D eigenvalue weighted by atomic mass is 14.1. The van der Waals surface area contributed by atoms with Crippen molar-refractivity contribution in [1.29, 1.82) is 0 Å². The van der Waals surface area contributed by atoms with E-state index < -0.39 is 0 Å². The quantitative estimate of drug-likeness (QED) is 0.560. The van der Waals surface area contributed by atoms with Gasteiger partial charge in [0.2, 0.25) is 0 Å². The van der Waals surface area contributed by atoms with Crippen LogP contribution in [0.2, 0.25) is 0 Å². The lowest BCUT2D eigenvalue weighted by atomic mass is 9.97. The second-order valence-electron chi connectivity index (χ2n) is 3.64. The van der Waals surface area contributed by atoms with Gasteiger partial charge in [0.25, 0.3) is 0 Å². The maximum absolute atomic E-state index is 2.22. The summed E-state index contributed by atoms with van der Waals surface area (Å²) in [5.74, 6) is 0. The number of allylic oxidation sites excluding steroid dienone is 8. The molecule has 0 saturated carbocycles. The molecule has 0 N–H and O–H groups in total. The van der Waals surface area contributed by atoms with E-state index in [2.05, 4.69) is 65.8 Å². The van der Waals surface area contributed by atoms with Gasteiger partial charge in [0.15, 0.2) is 0 Å². The van der Waals surface area contributed by atoms with E-state index in [0.29, 0.717) is 0 Å². The highest BCUT2D eigenvalue weighted by Gasteiger charge is 2.01. The third-order valence-corrected chi connectivity index (χ3v) is 2.21. The van der Waals surface area contributed by atoms with E-state index in [9.17, 15) is 0 Å². The van der Waals surface area contributed by atoms with Gasteiger partial charge in [0.1, 0.15) is 0 Å². The number of hydrogen-bond acceptors (Lipinski definition) is 0. The Morgan fingerprint density at radius 1 is 0.786 bits per heavy atom. The predicted octanol–water partition coefficient (Wildman–Crippen LogP) is 4.81. The Morgan fingerprint density at radius 2 is 1.36 bits per heavy atom. The molecule has 0 rings (SSSR count). The zero-order valence-corrected chi connectivity index (χ0v) is 10.3. The zero-order chi connectivity index (χ0) is 11.1. The van der Waals surface area contributed by atoms with Crippen LogP contribution in [-0.4, -0.2) is 0 Å². The van der Waals surface area contributed by atoms with Gasteiger partial charge >= 0.3 is 0 Å². The molecule has 0 amide bonds. The molecule has 0 radical (unpaired) electrons. The van der Waals surface area contributed by atoms with Crippen LogP contribution in [0.1, 0.15) is 41.5 Å². The van der Waals surface area contributed by atoms with Crippen LogP contribution in [0.3, 0.4) is 0 Å². The molecule has 0 heteroatoms. The van der Waals surface area contributed by atoms with Crippen LogP contribution < -0.4 is 0 Å². The fraction of sp³-hybridized carbons (Fsp3) is 0.429. The van der Waals surface area contributed by atoms with Crippen molar-refractivity contribution in [3.8, 4) is 0 Å². The molecule has 0 bridgehead atoms. The first-order valence-electron chi connectivity index (χ1n) is 5.18. The molecule has 0 aromatic carbocycles. The lowest BCUT2D eigenvalue weighted by Crippen LogP contribution is -1.89. The first kappa shape index (κ1) is 13.0. The van der Waals surface area contributed by atoms with Gasteiger partial charge in [-0.1, -0.05) is 29.9 Å². The zero-order valence-electron chi connectivity index (χ0n) is 10.3. The molecule has 0 aliphatic carbocycles. The Morgan fingerprint density at radius 3 is 1.64 bits per heavy atom. The Kier molecular flexibility index (Phi) is 5.94. The van der Waals surface area contributed by atoms with E-state index in [0.717, 1.165) is 0 Å². The number of rotatable bonds is 3. The molecule has 0 aliphatic heterocycles. The minimum Gasteiger partial charge on any atom is -0.0841 e. The Labute approximate surface area is 88.7 Å². The van der Waals surface area contributed by atoms with E-state index in [1.54, 1.807) is 0 Å². The van der Waals surface area contributed by atoms with Crippen molar-refractivity contribution in [2.24, 2.45) is 0 Å². The van der Waals surface area contributed by atoms with Crippen molar-refractivity contribution >= 4 is 0 Å². The molecule has 0 nitrogen and oxygen atoms in total. The molecular formula is C14H22. The fourth-order valence-corrected chi connectivity index (χ4v) is 1.41. The van der Waals surface area contributed by atoms with Gasteiger partial charge < -0.3 is 0 Å². The van der Waals surface area contributed by atoms with E-state index in [4.69, 9.17) is 0 Å². The third kappa shape index (κ3) is 3.78. The fourth-order valence-electron chi connectivity index (χ4n) is 1.41. The molecular weight excluding hydrogens is 168 g/mol. The summed E-state index contributed by atoms with van der Waals surface area (Å²) in [5.41, 5.74) is 5.30. The van der Waals surface area contributed by atoms with Crippen molar-refractivity contribution in [2.45, 2.75) is 41.5 Å². The SMILES string of the molecule is CC=C(C)C(=CC)C(C=C(C)C)=CC. The summed E-state index contributed by atoms with van der Waals surface area (Å²) in [6, 6.07) is 0. The van der Waals surface area contributed by atoms with Gasteiger partial charge in [-0.3, -0.25) is 0 Å². The van der Waals surface area contributed by atoms with Crippen LogP contribution in [0.4, 0.5) is 0 Å². The van der Waals surface area contributed by atoms with Gasteiger partial charge in [0.05, 0.1) is 0 Å². The van der Waals surface area contributed by atoms with Crippen molar-refractivity contribution in [1.82, 2.24) is 0 Å². The molecule has 0 heterocycles. The predicted molar refractivity (Wildman–Crippen MR) is 66.4 cm³/mol. The molecule has 0 saturated heterocycles. The van der Waals surface area contributed by atoms with Crippen molar-refractivity contribution in [3.05, 3.63) is 46.6 Å². The maximum atomic E-state index is 2.22. The summed E-state index contributed by atoms with van der Waals surface area (Å²) in [4.78, 5) is 0. The molecule has 14 heavy (non-hydrogen) atoms. The summed E-state index contributed by atoms with van der Waals surface area (Å²) in [5, 5.41) is 0. The average Bonchev–Trinajstić information content (AvgIpc) is 2.16. The van der Waals surface area contributed by atoms with E-state index in [-0.39, 0.29) is 0 Å². The largest absolute Gasteiger partial charge is 0.0841 e. The van der Waals surface area contributed by atoms with Crippen LogP contribution >= 0.6 is 0 Å². The summed E-state index contributed by atoms with van der Waals surface area (Å²) in [7, 11) is 0. The van der Waals surface area contributed by atoms with Gasteiger partial charge in [-0.15, -0.1) is 0 Å². The van der Waals surface area contributed by atoms with E-state index >= 15 is 0 Å². The normalized spacial score (nSPS) is 14.3. The van der Waals surface area contributed by atoms with E-state index in [1.807, 2.05) is 0 Å². The molecule has 0 spiro atoms. The molecule has 0 atom stereocenters. The monoisotopic (exact) mass is 190 g/mol. The van der Waals surface area contributed by atoms with Crippen LogP contribution in [0, 0.1) is 0 Å². The summed E-state index contributed by atoms with van der Waals surface area (Å²) in [6.45, 7) is 12.7. The summed E-state index contributed by atoms with van der Waals surface area (Å²) in [6.07, 6.45) is 8.71. The molecule has 0 aliphatic rings. The second-order valence-corrected chi connectivity index (χ2v) is 3.64. The summed E-state index contributed by atoms with van der Waals surface area (Å²) < 4.78 is 0. The Balaban J connectivity index is 5.15. The molecule has 78 valence electrons. The smallest absolute Gasteiger partial charge is 0.0204 e. The van der Waals surface area contributed by atoms with Crippen LogP contribution in [0.25, 0.3) is 0 Å². The number of hydrogen-bond donors (Lipinski definition) is 0. The van der Waals surface area contributed by atoms with Gasteiger partial charge in [-0.2, -0.15) is 0 Å². The molecule has 0 aromatic heterocycles. The van der Waals surface area contributed by atoms with Gasteiger partial charge in [0, 0.05) is 0 Å². The minimum absolute atomic E-state index is 1.31. The Bertz CT molecular complexity index is 292. The average molecular weight is 190 g/mol. The van der Waals surface area contributed by atoms with E-state index in [1.165, 1.54) is 22.3 Å². The van der Waals surface area contributed by atoms with Crippen molar-refractivity contribution in [3.63, 3.8) is 0 Å². The first-order valence-corrected chi connectivity index (χ1v) is 5.18. The molecule has 0 unspecified atom stereocenters. The highest BCUT2D eigenvalue weighted by Crippen LogP contribution is 2.21. The topological polar surface area (TPSA) is 0 Å². The highest BCUT2D eigenvalue weighted by molar-refractivity contribution is 5.50. The molecule has 0 aromatic rings. The van der Waals surface area contributed by atoms with Crippen molar-refractivity contribution < 1.29 is 0 Å². The molecule has 0 fully saturated rings. The first-order chi connectivity index (χ1) is 6.56. The third-order valence-electron chi connectivity index (χ3n) is 2.21. The van der Waals surface area contributed by atoms with Crippen molar-refractivity contribution in [2.75, 3.05) is 0 Å². The van der Waals surface area contributed by atoms with Gasteiger partial charge in [-0.05, 0) is 58.3 Å². The lowest BCUT2D eigenvalue weighted by molar-refractivity contribution is 1.29. The Hall–Kier alpha value is -1.04. The van der Waals surface area contributed by atoms with Gasteiger partial charge in [-0.25, -0.2) is 0 Å².